The smallest absolute Gasteiger partial charge is 0.337 e. The zero-order chi connectivity index (χ0) is 23.0. The minimum atomic E-state index is -4.33. The Morgan fingerprint density at radius 1 is 1.12 bits per heavy atom. The summed E-state index contributed by atoms with van der Waals surface area (Å²) in [5.41, 5.74) is 2.35. The van der Waals surface area contributed by atoms with Gasteiger partial charge in [-0.1, -0.05) is 44.0 Å². The van der Waals surface area contributed by atoms with E-state index in [1.807, 2.05) is 25.0 Å². The quantitative estimate of drug-likeness (QED) is 0.623. The number of likely N-dealkylation sites (tertiary alicyclic amines) is 1. The number of alkyl halides is 3. The summed E-state index contributed by atoms with van der Waals surface area (Å²) in [6.45, 7) is 6.65. The van der Waals surface area contributed by atoms with Gasteiger partial charge in [0.15, 0.2) is 5.69 Å². The number of hydrogen-bond donors (Lipinski definition) is 1. The summed E-state index contributed by atoms with van der Waals surface area (Å²) < 4.78 is 42.4. The molecule has 1 saturated carbocycles. The number of nitrogens with zero attached hydrogens (tertiary/aromatic N) is 3. The Bertz CT molecular complexity index is 962. The third-order valence-corrected chi connectivity index (χ3v) is 7.60. The van der Waals surface area contributed by atoms with E-state index in [9.17, 15) is 18.0 Å². The molecule has 2 fully saturated rings. The Labute approximate surface area is 190 Å². The molecule has 3 atom stereocenters. The van der Waals surface area contributed by atoms with Gasteiger partial charge in [0.25, 0.3) is 5.91 Å². The van der Waals surface area contributed by atoms with E-state index in [0.29, 0.717) is 43.7 Å². The van der Waals surface area contributed by atoms with Gasteiger partial charge in [0.2, 0.25) is 0 Å². The van der Waals surface area contributed by atoms with Crippen LogP contribution in [0, 0.1) is 11.8 Å². The first-order valence-electron chi connectivity index (χ1n) is 11.2. The van der Waals surface area contributed by atoms with Gasteiger partial charge >= 0.3 is 6.18 Å². The van der Waals surface area contributed by atoms with Crippen molar-refractivity contribution in [3.8, 4) is 0 Å². The van der Waals surface area contributed by atoms with E-state index in [2.05, 4.69) is 14.5 Å². The topological polar surface area (TPSA) is 52.2 Å². The van der Waals surface area contributed by atoms with Crippen molar-refractivity contribution < 1.29 is 18.0 Å². The summed E-state index contributed by atoms with van der Waals surface area (Å²) >= 11 is 1.64. The molecule has 32 heavy (non-hydrogen) atoms. The number of benzene rings is 1. The van der Waals surface area contributed by atoms with Crippen LogP contribution in [0.1, 0.15) is 65.5 Å². The first-order chi connectivity index (χ1) is 15.3. The fourth-order valence-corrected chi connectivity index (χ4v) is 5.91. The minimum absolute atomic E-state index is 0.0582. The third kappa shape index (κ3) is 4.17. The lowest BCUT2D eigenvalue weighted by molar-refractivity contribution is -0.138. The Morgan fingerprint density at radius 3 is 2.41 bits per heavy atom. The largest absolute Gasteiger partial charge is 0.416 e. The Morgan fingerprint density at radius 2 is 1.78 bits per heavy atom. The summed E-state index contributed by atoms with van der Waals surface area (Å²) in [4.78, 5) is 14.9. The predicted molar refractivity (Wildman–Crippen MR) is 119 cm³/mol. The Hall–Kier alpha value is -2.00. The summed E-state index contributed by atoms with van der Waals surface area (Å²) in [6, 6.07) is 5.92. The highest BCUT2D eigenvalue weighted by molar-refractivity contribution is 7.96. The number of aromatic amines is 1. The van der Waals surface area contributed by atoms with Crippen LogP contribution < -0.4 is 0 Å². The van der Waals surface area contributed by atoms with E-state index in [-0.39, 0.29) is 23.7 Å². The molecular formula is C23H29F3N4OS. The molecule has 0 bridgehead atoms. The second kappa shape index (κ2) is 9.09. The molecule has 3 aliphatic rings. The standard InChI is InChI=1S/C21H23F3N4OS.C2H6/c1-30-28-10-16-18(11-28)25-26-19(16)20(29)27-8-13-6-12(7-14(13)9-27)15-4-2-3-5-17(15)21(22,23)24;1-2/h2-5,12-14H,6-11H2,1H3,(H,25,26);1-2H3/t12?,13-,14+;. The van der Waals surface area contributed by atoms with Crippen LogP contribution >= 0.6 is 11.9 Å². The Kier molecular flexibility index (Phi) is 6.58. The van der Waals surface area contributed by atoms with Crippen molar-refractivity contribution in [2.45, 2.75) is 51.9 Å². The molecule has 9 heteroatoms. The van der Waals surface area contributed by atoms with Crippen LogP contribution in [-0.2, 0) is 19.3 Å². The summed E-state index contributed by atoms with van der Waals surface area (Å²) in [6.07, 6.45) is -0.933. The van der Waals surface area contributed by atoms with E-state index in [1.165, 1.54) is 12.1 Å². The van der Waals surface area contributed by atoms with Gasteiger partial charge in [0, 0.05) is 25.2 Å². The van der Waals surface area contributed by atoms with Crippen LogP contribution in [0.25, 0.3) is 0 Å². The van der Waals surface area contributed by atoms with E-state index in [0.717, 1.165) is 17.8 Å². The van der Waals surface area contributed by atoms with Crippen molar-refractivity contribution in [2.24, 2.45) is 11.8 Å². The number of carbonyl (C=O) groups excluding carboxylic acids is 1. The van der Waals surface area contributed by atoms with Crippen molar-refractivity contribution in [1.82, 2.24) is 19.4 Å². The normalized spacial score (nSPS) is 24.8. The van der Waals surface area contributed by atoms with Crippen molar-refractivity contribution in [2.75, 3.05) is 19.3 Å². The van der Waals surface area contributed by atoms with Gasteiger partial charge in [-0.05, 0) is 48.5 Å². The van der Waals surface area contributed by atoms with Gasteiger partial charge in [-0.25, -0.2) is 4.31 Å². The molecule has 1 aliphatic carbocycles. The number of carbonyl (C=O) groups is 1. The zero-order valence-corrected chi connectivity index (χ0v) is 19.4. The summed E-state index contributed by atoms with van der Waals surface area (Å²) in [5, 5.41) is 7.26. The van der Waals surface area contributed by atoms with Gasteiger partial charge in [0.05, 0.1) is 17.8 Å². The van der Waals surface area contributed by atoms with Crippen molar-refractivity contribution in [3.63, 3.8) is 0 Å². The predicted octanol–water partition coefficient (Wildman–Crippen LogP) is 5.31. The van der Waals surface area contributed by atoms with Gasteiger partial charge in [-0.15, -0.1) is 0 Å². The molecule has 0 spiro atoms. The van der Waals surface area contributed by atoms with Crippen LogP contribution in [0.4, 0.5) is 13.2 Å². The maximum Gasteiger partial charge on any atom is 0.416 e. The van der Waals surface area contributed by atoms with Gasteiger partial charge in [-0.3, -0.25) is 9.89 Å². The number of nitrogens with one attached hydrogen (secondary N) is 1. The van der Waals surface area contributed by atoms with Crippen molar-refractivity contribution in [3.05, 3.63) is 52.3 Å². The highest BCUT2D eigenvalue weighted by atomic mass is 32.2. The number of rotatable bonds is 3. The first-order valence-corrected chi connectivity index (χ1v) is 12.3. The van der Waals surface area contributed by atoms with Gasteiger partial charge < -0.3 is 4.90 Å². The molecule has 0 radical (unpaired) electrons. The van der Waals surface area contributed by atoms with Gasteiger partial charge in [0.1, 0.15) is 0 Å². The molecule has 2 aromatic rings. The maximum atomic E-state index is 13.4. The molecule has 3 heterocycles. The monoisotopic (exact) mass is 466 g/mol. The number of H-pyrrole nitrogens is 1. The third-order valence-electron chi connectivity index (χ3n) is 6.83. The lowest BCUT2D eigenvalue weighted by Crippen LogP contribution is -2.31. The molecule has 1 unspecified atom stereocenters. The second-order valence-electron chi connectivity index (χ2n) is 8.49. The Balaban J connectivity index is 0.00000119. The van der Waals surface area contributed by atoms with Crippen LogP contribution in [0.2, 0.25) is 0 Å². The minimum Gasteiger partial charge on any atom is -0.337 e. The maximum absolute atomic E-state index is 13.4. The molecule has 2 aliphatic heterocycles. The fraction of sp³-hybridized carbons (Fsp3) is 0.565. The number of fused-ring (bicyclic) bond motifs is 2. The molecular weight excluding hydrogens is 437 g/mol. The molecule has 1 saturated heterocycles. The van der Waals surface area contributed by atoms with Crippen molar-refractivity contribution in [1.29, 1.82) is 0 Å². The number of hydrogen-bond acceptors (Lipinski definition) is 4. The summed E-state index contributed by atoms with van der Waals surface area (Å²) in [5.74, 6) is 0.335. The summed E-state index contributed by atoms with van der Waals surface area (Å²) in [7, 11) is 0. The average molecular weight is 467 g/mol. The highest BCUT2D eigenvalue weighted by Crippen LogP contribution is 2.49. The molecule has 174 valence electrons. The molecule has 5 nitrogen and oxygen atoms in total. The zero-order valence-electron chi connectivity index (χ0n) is 18.6. The second-order valence-corrected chi connectivity index (χ2v) is 9.38. The van der Waals surface area contributed by atoms with E-state index >= 15 is 0 Å². The molecule has 1 N–H and O–H groups in total. The van der Waals surface area contributed by atoms with Crippen LogP contribution in [0.15, 0.2) is 24.3 Å². The highest BCUT2D eigenvalue weighted by Gasteiger charge is 2.45. The van der Waals surface area contributed by atoms with E-state index in [1.54, 1.807) is 24.1 Å². The number of halogens is 3. The molecule has 1 aromatic heterocycles. The van der Waals surface area contributed by atoms with Crippen molar-refractivity contribution >= 4 is 17.9 Å². The number of amides is 1. The van der Waals surface area contributed by atoms with Crippen LogP contribution in [0.5, 0.6) is 0 Å². The molecule has 1 amide bonds. The lowest BCUT2D eigenvalue weighted by Gasteiger charge is -2.21. The van der Waals surface area contributed by atoms with Crippen LogP contribution in [-0.4, -0.2) is 44.7 Å². The van der Waals surface area contributed by atoms with E-state index < -0.39 is 11.7 Å². The molecule has 1 aromatic carbocycles. The SMILES string of the molecule is CC.CSN1Cc2[nH]nc(C(=O)N3C[C@H]4CC(c5ccccc5C(F)(F)F)C[C@H]4C3)c2C1. The molecule has 5 rings (SSSR count). The number of aromatic nitrogens is 2. The van der Waals surface area contributed by atoms with Crippen LogP contribution in [0.3, 0.4) is 0 Å². The van der Waals surface area contributed by atoms with Gasteiger partial charge in [-0.2, -0.15) is 18.3 Å². The lowest BCUT2D eigenvalue weighted by atomic mass is 9.91. The first kappa shape index (κ1) is 23.2. The average Bonchev–Trinajstić information content (AvgIpc) is 3.53. The van der Waals surface area contributed by atoms with E-state index in [4.69, 9.17) is 0 Å². The fourth-order valence-electron chi connectivity index (χ4n) is 5.40.